The van der Waals surface area contributed by atoms with Crippen LogP contribution in [0.2, 0.25) is 0 Å². The van der Waals surface area contributed by atoms with Crippen LogP contribution in [0.3, 0.4) is 0 Å². The van der Waals surface area contributed by atoms with Gasteiger partial charge in [-0.2, -0.15) is 0 Å². The fourth-order valence-corrected chi connectivity index (χ4v) is 1.01. The smallest absolute Gasteiger partial charge is 0.306 e. The molecule has 1 aromatic rings. The van der Waals surface area contributed by atoms with Crippen LogP contribution in [0.15, 0.2) is 12.4 Å². The first kappa shape index (κ1) is 9.60. The molecule has 5 nitrogen and oxygen atoms in total. The van der Waals surface area contributed by atoms with Gasteiger partial charge in [-0.05, 0) is 6.92 Å². The maximum absolute atomic E-state index is 10.3. The molecule has 1 unspecified atom stereocenters. The van der Waals surface area contributed by atoms with E-state index in [2.05, 4.69) is 9.97 Å². The van der Waals surface area contributed by atoms with Crippen LogP contribution < -0.4 is 0 Å². The SMILES string of the molecule is Cc1nccnc1C(O)CC(=O)O. The quantitative estimate of drug-likeness (QED) is 0.702. The van der Waals surface area contributed by atoms with E-state index in [0.29, 0.717) is 11.4 Å². The van der Waals surface area contributed by atoms with E-state index in [1.165, 1.54) is 12.4 Å². The van der Waals surface area contributed by atoms with Gasteiger partial charge in [0.2, 0.25) is 0 Å². The zero-order valence-electron chi connectivity index (χ0n) is 7.14. The number of rotatable bonds is 3. The third-order valence-corrected chi connectivity index (χ3v) is 1.60. The molecule has 13 heavy (non-hydrogen) atoms. The lowest BCUT2D eigenvalue weighted by molar-refractivity contribution is -0.139. The largest absolute Gasteiger partial charge is 0.481 e. The first-order valence-corrected chi connectivity index (χ1v) is 3.78. The van der Waals surface area contributed by atoms with Gasteiger partial charge in [-0.3, -0.25) is 14.8 Å². The van der Waals surface area contributed by atoms with Crippen molar-refractivity contribution in [2.45, 2.75) is 19.4 Å². The second-order valence-electron chi connectivity index (χ2n) is 2.64. The lowest BCUT2D eigenvalue weighted by Crippen LogP contribution is -2.09. The molecule has 0 fully saturated rings. The van der Waals surface area contributed by atoms with E-state index in [1.807, 2.05) is 0 Å². The van der Waals surface area contributed by atoms with Crippen molar-refractivity contribution in [2.24, 2.45) is 0 Å². The van der Waals surface area contributed by atoms with Gasteiger partial charge in [-0.15, -0.1) is 0 Å². The fourth-order valence-electron chi connectivity index (χ4n) is 1.01. The Labute approximate surface area is 75.1 Å². The van der Waals surface area contributed by atoms with Crippen molar-refractivity contribution in [3.8, 4) is 0 Å². The van der Waals surface area contributed by atoms with Crippen LogP contribution in [0.1, 0.15) is 23.9 Å². The molecular formula is C8H10N2O3. The van der Waals surface area contributed by atoms with Gasteiger partial charge >= 0.3 is 5.97 Å². The van der Waals surface area contributed by atoms with Crippen molar-refractivity contribution in [1.29, 1.82) is 0 Å². The highest BCUT2D eigenvalue weighted by atomic mass is 16.4. The maximum Gasteiger partial charge on any atom is 0.306 e. The molecular weight excluding hydrogens is 172 g/mol. The highest BCUT2D eigenvalue weighted by Crippen LogP contribution is 2.15. The summed E-state index contributed by atoms with van der Waals surface area (Å²) < 4.78 is 0. The van der Waals surface area contributed by atoms with Gasteiger partial charge in [0, 0.05) is 12.4 Å². The predicted octanol–water partition coefficient (Wildman–Crippen LogP) is 0.293. The van der Waals surface area contributed by atoms with Crippen molar-refractivity contribution in [2.75, 3.05) is 0 Å². The molecule has 0 saturated carbocycles. The lowest BCUT2D eigenvalue weighted by atomic mass is 10.1. The van der Waals surface area contributed by atoms with Gasteiger partial charge in [0.25, 0.3) is 0 Å². The highest BCUT2D eigenvalue weighted by Gasteiger charge is 2.15. The Bertz CT molecular complexity index is 314. The van der Waals surface area contributed by atoms with Gasteiger partial charge in [-0.25, -0.2) is 0 Å². The molecule has 0 saturated heterocycles. The number of aryl methyl sites for hydroxylation is 1. The summed E-state index contributed by atoms with van der Waals surface area (Å²) in [6, 6.07) is 0. The Morgan fingerprint density at radius 3 is 2.69 bits per heavy atom. The Kier molecular flexibility index (Phi) is 2.92. The topological polar surface area (TPSA) is 83.3 Å². The van der Waals surface area contributed by atoms with Gasteiger partial charge in [-0.1, -0.05) is 0 Å². The summed E-state index contributed by atoms with van der Waals surface area (Å²) in [6.07, 6.45) is 1.49. The number of aromatic nitrogens is 2. The molecule has 1 heterocycles. The minimum absolute atomic E-state index is 0.324. The molecule has 0 aliphatic rings. The molecule has 1 atom stereocenters. The molecule has 5 heteroatoms. The van der Waals surface area contributed by atoms with Gasteiger partial charge in [0.1, 0.15) is 6.10 Å². The summed E-state index contributed by atoms with van der Waals surface area (Å²) in [5.74, 6) is -1.06. The summed E-state index contributed by atoms with van der Waals surface area (Å²) in [5, 5.41) is 17.8. The predicted molar refractivity (Wildman–Crippen MR) is 44.0 cm³/mol. The van der Waals surface area contributed by atoms with E-state index in [4.69, 9.17) is 5.11 Å². The third-order valence-electron chi connectivity index (χ3n) is 1.60. The van der Waals surface area contributed by atoms with Crippen LogP contribution in [0.4, 0.5) is 0 Å². The Hall–Kier alpha value is -1.49. The second-order valence-corrected chi connectivity index (χ2v) is 2.64. The summed E-state index contributed by atoms with van der Waals surface area (Å²) in [4.78, 5) is 18.0. The summed E-state index contributed by atoms with van der Waals surface area (Å²) in [5.41, 5.74) is 0.876. The van der Waals surface area contributed by atoms with Crippen LogP contribution in [-0.4, -0.2) is 26.2 Å². The molecule has 0 amide bonds. The van der Waals surface area contributed by atoms with Crippen LogP contribution in [0, 0.1) is 6.92 Å². The van der Waals surface area contributed by atoms with E-state index in [9.17, 15) is 9.90 Å². The zero-order chi connectivity index (χ0) is 9.84. The molecule has 0 aromatic carbocycles. The minimum Gasteiger partial charge on any atom is -0.481 e. The van der Waals surface area contributed by atoms with Crippen molar-refractivity contribution < 1.29 is 15.0 Å². The molecule has 0 spiro atoms. The number of aliphatic hydroxyl groups is 1. The molecule has 0 radical (unpaired) electrons. The number of aliphatic carboxylic acids is 1. The van der Waals surface area contributed by atoms with Crippen molar-refractivity contribution in [1.82, 2.24) is 9.97 Å². The summed E-state index contributed by atoms with van der Waals surface area (Å²) >= 11 is 0. The van der Waals surface area contributed by atoms with E-state index in [-0.39, 0.29) is 6.42 Å². The number of carbonyl (C=O) groups is 1. The molecule has 0 aliphatic heterocycles. The normalized spacial score (nSPS) is 12.5. The second kappa shape index (κ2) is 3.95. The third kappa shape index (κ3) is 2.48. The molecule has 1 aromatic heterocycles. The lowest BCUT2D eigenvalue weighted by Gasteiger charge is -2.08. The Morgan fingerprint density at radius 2 is 2.15 bits per heavy atom. The summed E-state index contributed by atoms with van der Waals surface area (Å²) in [6.45, 7) is 1.67. The average Bonchev–Trinajstić information content (AvgIpc) is 2.03. The van der Waals surface area contributed by atoms with E-state index in [0.717, 1.165) is 0 Å². The monoisotopic (exact) mass is 182 g/mol. The van der Waals surface area contributed by atoms with E-state index in [1.54, 1.807) is 6.92 Å². The first-order chi connectivity index (χ1) is 6.11. The fraction of sp³-hybridized carbons (Fsp3) is 0.375. The van der Waals surface area contributed by atoms with E-state index < -0.39 is 12.1 Å². The van der Waals surface area contributed by atoms with Crippen molar-refractivity contribution in [3.05, 3.63) is 23.8 Å². The van der Waals surface area contributed by atoms with Crippen molar-refractivity contribution in [3.63, 3.8) is 0 Å². The first-order valence-electron chi connectivity index (χ1n) is 3.78. The number of hydrogen-bond acceptors (Lipinski definition) is 4. The van der Waals surface area contributed by atoms with Crippen LogP contribution >= 0.6 is 0 Å². The number of carboxylic acid groups (broad SMARTS) is 1. The average molecular weight is 182 g/mol. The van der Waals surface area contributed by atoms with Crippen LogP contribution in [0.25, 0.3) is 0 Å². The van der Waals surface area contributed by atoms with Gasteiger partial charge in [0.15, 0.2) is 0 Å². The number of carboxylic acids is 1. The number of aliphatic hydroxyl groups excluding tert-OH is 1. The Morgan fingerprint density at radius 1 is 1.54 bits per heavy atom. The molecule has 0 aliphatic carbocycles. The number of hydrogen-bond donors (Lipinski definition) is 2. The molecule has 2 N–H and O–H groups in total. The van der Waals surface area contributed by atoms with Crippen LogP contribution in [0.5, 0.6) is 0 Å². The van der Waals surface area contributed by atoms with Crippen molar-refractivity contribution >= 4 is 5.97 Å². The van der Waals surface area contributed by atoms with Crippen LogP contribution in [-0.2, 0) is 4.79 Å². The molecule has 70 valence electrons. The Balaban J connectivity index is 2.82. The maximum atomic E-state index is 10.3. The summed E-state index contributed by atoms with van der Waals surface area (Å²) in [7, 11) is 0. The molecule has 0 bridgehead atoms. The van der Waals surface area contributed by atoms with Gasteiger partial charge < -0.3 is 10.2 Å². The minimum atomic E-state index is -1.08. The standard InChI is InChI=1S/C8H10N2O3/c1-5-8(10-3-2-9-5)6(11)4-7(12)13/h2-3,6,11H,4H2,1H3,(H,12,13). The molecule has 1 rings (SSSR count). The van der Waals surface area contributed by atoms with Gasteiger partial charge in [0.05, 0.1) is 17.8 Å². The highest BCUT2D eigenvalue weighted by molar-refractivity contribution is 5.67. The number of nitrogens with zero attached hydrogens (tertiary/aromatic N) is 2. The zero-order valence-corrected chi connectivity index (χ0v) is 7.14. The van der Waals surface area contributed by atoms with E-state index >= 15 is 0 Å².